The number of phosphoric ester groups is 1. The Morgan fingerprint density at radius 2 is 1.03 bits per heavy atom. The van der Waals surface area contributed by atoms with Crippen LogP contribution in [0.15, 0.2) is 85.1 Å². The topological polar surface area (TPSA) is 105 Å². The zero-order chi connectivity index (χ0) is 43.6. The minimum absolute atomic E-state index is 0.0410. The van der Waals surface area contributed by atoms with E-state index in [1.165, 1.54) is 83.5 Å². The maximum absolute atomic E-state index is 12.9. The van der Waals surface area contributed by atoms with Gasteiger partial charge < -0.3 is 19.8 Å². The predicted molar refractivity (Wildman–Crippen MR) is 253 cm³/mol. The predicted octanol–water partition coefficient (Wildman–Crippen LogP) is 13.4. The number of hydrogen-bond acceptors (Lipinski definition) is 5. The smallest absolute Gasteiger partial charge is 0.387 e. The average molecular weight is 846 g/mol. The second-order valence-electron chi connectivity index (χ2n) is 16.7. The van der Waals surface area contributed by atoms with Crippen molar-refractivity contribution in [2.45, 2.75) is 187 Å². The first-order chi connectivity index (χ1) is 28.5. The summed E-state index contributed by atoms with van der Waals surface area (Å²) < 4.78 is 23.5. The minimum Gasteiger partial charge on any atom is -0.387 e. The first-order valence-electron chi connectivity index (χ1n) is 23.5. The van der Waals surface area contributed by atoms with Crippen LogP contribution in [0.2, 0.25) is 0 Å². The molecule has 1 amide bonds. The molecular formula is C50H90N2O6P+. The molecule has 0 saturated carbocycles. The van der Waals surface area contributed by atoms with Gasteiger partial charge in [0.1, 0.15) is 13.2 Å². The van der Waals surface area contributed by atoms with Crippen molar-refractivity contribution in [1.29, 1.82) is 0 Å². The number of phosphoric acid groups is 1. The molecule has 0 aliphatic heterocycles. The summed E-state index contributed by atoms with van der Waals surface area (Å²) in [6.45, 7) is 4.62. The number of allylic oxidation sites excluding steroid dienone is 13. The lowest BCUT2D eigenvalue weighted by atomic mass is 10.0. The lowest BCUT2D eigenvalue weighted by Crippen LogP contribution is -2.45. The molecule has 0 aromatic carbocycles. The molecule has 3 unspecified atom stereocenters. The fourth-order valence-corrected chi connectivity index (χ4v) is 6.86. The number of amides is 1. The van der Waals surface area contributed by atoms with Crippen molar-refractivity contribution in [3.8, 4) is 0 Å². The second-order valence-corrected chi connectivity index (χ2v) is 18.2. The SMILES string of the molecule is CC/C=C\C/C=C\C/C=C\C/C=C\CCCCC(=O)NC(COP(=O)(O)OCC[N+](C)(C)C)C(O)/C=C/CC/C=C/CC/C=C/CCCCCCCCCCCCCC. The number of nitrogens with zero attached hydrogens (tertiary/aromatic N) is 1. The summed E-state index contributed by atoms with van der Waals surface area (Å²) in [6.07, 6.45) is 56.7. The van der Waals surface area contributed by atoms with E-state index >= 15 is 0 Å². The van der Waals surface area contributed by atoms with Crippen LogP contribution in [0.25, 0.3) is 0 Å². The van der Waals surface area contributed by atoms with Crippen LogP contribution in [0.3, 0.4) is 0 Å². The van der Waals surface area contributed by atoms with Gasteiger partial charge in [-0.15, -0.1) is 0 Å². The van der Waals surface area contributed by atoms with E-state index in [1.54, 1.807) is 6.08 Å². The largest absolute Gasteiger partial charge is 0.472 e. The van der Waals surface area contributed by atoms with Crippen molar-refractivity contribution in [2.75, 3.05) is 40.9 Å². The van der Waals surface area contributed by atoms with E-state index < -0.39 is 20.0 Å². The zero-order valence-corrected chi connectivity index (χ0v) is 39.4. The molecule has 0 aliphatic carbocycles. The van der Waals surface area contributed by atoms with Crippen molar-refractivity contribution in [3.05, 3.63) is 85.1 Å². The van der Waals surface area contributed by atoms with Gasteiger partial charge in [-0.1, -0.05) is 170 Å². The van der Waals surface area contributed by atoms with E-state index in [9.17, 15) is 19.4 Å². The van der Waals surface area contributed by atoms with Crippen LogP contribution < -0.4 is 5.32 Å². The molecule has 0 fully saturated rings. The Morgan fingerprint density at radius 1 is 0.593 bits per heavy atom. The van der Waals surface area contributed by atoms with Crippen molar-refractivity contribution < 1.29 is 32.9 Å². The summed E-state index contributed by atoms with van der Waals surface area (Å²) in [5.41, 5.74) is 0. The number of likely N-dealkylation sites (N-methyl/N-ethyl adjacent to an activating group) is 1. The third kappa shape index (κ3) is 43.6. The van der Waals surface area contributed by atoms with E-state index in [0.29, 0.717) is 17.4 Å². The van der Waals surface area contributed by atoms with Crippen LogP contribution in [0.4, 0.5) is 0 Å². The molecule has 0 rings (SSSR count). The van der Waals surface area contributed by atoms with Crippen LogP contribution in [0.5, 0.6) is 0 Å². The summed E-state index contributed by atoms with van der Waals surface area (Å²) in [4.78, 5) is 23.1. The van der Waals surface area contributed by atoms with Crippen LogP contribution in [-0.2, 0) is 18.4 Å². The Bertz CT molecular complexity index is 1230. The molecule has 0 radical (unpaired) electrons. The van der Waals surface area contributed by atoms with Gasteiger partial charge in [-0.2, -0.15) is 0 Å². The van der Waals surface area contributed by atoms with Gasteiger partial charge in [0.25, 0.3) is 0 Å². The van der Waals surface area contributed by atoms with Gasteiger partial charge in [0.2, 0.25) is 5.91 Å². The molecule has 9 heteroatoms. The number of nitrogens with one attached hydrogen (secondary N) is 1. The number of quaternary nitrogens is 1. The highest BCUT2D eigenvalue weighted by Gasteiger charge is 2.27. The van der Waals surface area contributed by atoms with E-state index in [4.69, 9.17) is 9.05 Å². The maximum Gasteiger partial charge on any atom is 0.472 e. The molecule has 340 valence electrons. The molecule has 0 saturated heterocycles. The van der Waals surface area contributed by atoms with Crippen LogP contribution in [0.1, 0.15) is 174 Å². The Kier molecular flexibility index (Phi) is 39.4. The highest BCUT2D eigenvalue weighted by atomic mass is 31.2. The second kappa shape index (κ2) is 41.1. The average Bonchev–Trinajstić information content (AvgIpc) is 3.19. The number of carbonyl (C=O) groups is 1. The minimum atomic E-state index is -4.37. The highest BCUT2D eigenvalue weighted by molar-refractivity contribution is 7.47. The number of unbranched alkanes of at least 4 members (excludes halogenated alkanes) is 16. The first kappa shape index (κ1) is 56.7. The Balaban J connectivity index is 4.52. The highest BCUT2D eigenvalue weighted by Crippen LogP contribution is 2.43. The molecule has 0 aliphatic rings. The molecule has 3 atom stereocenters. The number of hydrogen-bond donors (Lipinski definition) is 3. The van der Waals surface area contributed by atoms with Gasteiger partial charge in [-0.25, -0.2) is 4.57 Å². The molecule has 0 bridgehead atoms. The monoisotopic (exact) mass is 846 g/mol. The molecule has 0 aromatic heterocycles. The third-order valence-electron chi connectivity index (χ3n) is 9.83. The van der Waals surface area contributed by atoms with Crippen LogP contribution in [-0.4, -0.2) is 73.4 Å². The lowest BCUT2D eigenvalue weighted by Gasteiger charge is -2.25. The number of rotatable bonds is 41. The van der Waals surface area contributed by atoms with E-state index in [-0.39, 0.29) is 25.5 Å². The summed E-state index contributed by atoms with van der Waals surface area (Å²) >= 11 is 0. The van der Waals surface area contributed by atoms with Crippen molar-refractivity contribution in [3.63, 3.8) is 0 Å². The van der Waals surface area contributed by atoms with Gasteiger partial charge in [-0.05, 0) is 83.5 Å². The van der Waals surface area contributed by atoms with Gasteiger partial charge in [-0.3, -0.25) is 13.8 Å². The van der Waals surface area contributed by atoms with Gasteiger partial charge >= 0.3 is 7.82 Å². The van der Waals surface area contributed by atoms with Crippen molar-refractivity contribution in [1.82, 2.24) is 5.32 Å². The van der Waals surface area contributed by atoms with Crippen LogP contribution >= 0.6 is 7.82 Å². The van der Waals surface area contributed by atoms with Crippen molar-refractivity contribution >= 4 is 13.7 Å². The molecular weight excluding hydrogens is 756 g/mol. The zero-order valence-electron chi connectivity index (χ0n) is 38.5. The normalized spacial score (nSPS) is 15.0. The Morgan fingerprint density at radius 3 is 1.56 bits per heavy atom. The lowest BCUT2D eigenvalue weighted by molar-refractivity contribution is -0.870. The summed E-state index contributed by atoms with van der Waals surface area (Å²) in [7, 11) is 1.50. The summed E-state index contributed by atoms with van der Waals surface area (Å²) in [5, 5.41) is 13.8. The molecule has 0 heterocycles. The fourth-order valence-electron chi connectivity index (χ4n) is 6.12. The van der Waals surface area contributed by atoms with E-state index in [1.807, 2.05) is 27.2 Å². The van der Waals surface area contributed by atoms with E-state index in [2.05, 4.69) is 92.1 Å². The van der Waals surface area contributed by atoms with Gasteiger partial charge in [0.05, 0.1) is 39.9 Å². The fraction of sp³-hybridized carbons (Fsp3) is 0.700. The number of aliphatic hydroxyl groups excluding tert-OH is 1. The van der Waals surface area contributed by atoms with Gasteiger partial charge in [0.15, 0.2) is 0 Å². The molecule has 0 spiro atoms. The number of carbonyl (C=O) groups excluding carboxylic acids is 1. The molecule has 0 aromatic rings. The maximum atomic E-state index is 12.9. The van der Waals surface area contributed by atoms with Gasteiger partial charge in [0, 0.05) is 6.42 Å². The molecule has 3 N–H and O–H groups in total. The first-order valence-corrected chi connectivity index (χ1v) is 25.0. The summed E-state index contributed by atoms with van der Waals surface area (Å²) in [5.74, 6) is -0.235. The third-order valence-corrected chi connectivity index (χ3v) is 10.8. The Hall–Kier alpha value is -2.32. The molecule has 8 nitrogen and oxygen atoms in total. The Labute approximate surface area is 363 Å². The molecule has 59 heavy (non-hydrogen) atoms. The van der Waals surface area contributed by atoms with Crippen LogP contribution in [0, 0.1) is 0 Å². The number of aliphatic hydroxyl groups is 1. The van der Waals surface area contributed by atoms with E-state index in [0.717, 1.165) is 64.2 Å². The standard InChI is InChI=1S/C50H89N2O6P/c1-6-8-10-12-14-16-18-20-22-23-24-25-26-27-28-30-31-33-35-37-39-41-43-49(53)48(47-58-59(55,56)57-46-45-52(3,4)5)51-50(54)44-42-40-38-36-34-32-29-21-19-17-15-13-11-9-7-2/h9,11,15,17,21,27-29,33-36,41,43,48-49,53H,6-8,10,12-14,16,18-20,22-26,30-32,37-40,42,44-47H2,1-5H3,(H-,51,54,55,56)/p+1/b11-9-,17-15-,28-27+,29-21-,35-33+,36-34-,43-41+. The van der Waals surface area contributed by atoms with Crippen molar-refractivity contribution in [2.24, 2.45) is 0 Å². The quantitative estimate of drug-likeness (QED) is 0.0245. The summed E-state index contributed by atoms with van der Waals surface area (Å²) in [6, 6.07) is -0.896.